The minimum absolute atomic E-state index is 0.590. The Morgan fingerprint density at radius 3 is 2.68 bits per heavy atom. The van der Waals surface area contributed by atoms with E-state index in [9.17, 15) is 0 Å². The monoisotopic (exact) mass is 318 g/mol. The first kappa shape index (κ1) is 15.1. The van der Waals surface area contributed by atoms with E-state index in [1.807, 2.05) is 38.1 Å². The second kappa shape index (κ2) is 6.50. The lowest BCUT2D eigenvalue weighted by Crippen LogP contribution is -2.36. The molecule has 0 amide bonds. The van der Waals surface area contributed by atoms with Gasteiger partial charge in [0.25, 0.3) is 0 Å². The van der Waals surface area contributed by atoms with Crippen molar-refractivity contribution in [2.75, 3.05) is 36.5 Å². The first-order chi connectivity index (χ1) is 10.6. The van der Waals surface area contributed by atoms with Crippen LogP contribution < -0.4 is 10.2 Å². The van der Waals surface area contributed by atoms with E-state index in [2.05, 4.69) is 20.2 Å². The van der Waals surface area contributed by atoms with E-state index in [0.29, 0.717) is 11.0 Å². The summed E-state index contributed by atoms with van der Waals surface area (Å²) in [6.45, 7) is 7.18. The highest BCUT2D eigenvalue weighted by molar-refractivity contribution is 6.30. The van der Waals surface area contributed by atoms with Gasteiger partial charge in [0.15, 0.2) is 0 Å². The molecule has 6 heteroatoms. The highest BCUT2D eigenvalue weighted by Crippen LogP contribution is 2.24. The Morgan fingerprint density at radius 1 is 1.14 bits per heavy atom. The van der Waals surface area contributed by atoms with Gasteiger partial charge in [0.05, 0.1) is 13.2 Å². The smallest absolute Gasteiger partial charge is 0.229 e. The number of nitrogens with one attached hydrogen (secondary N) is 1. The van der Waals surface area contributed by atoms with Crippen LogP contribution in [-0.4, -0.2) is 36.3 Å². The number of anilines is 3. The van der Waals surface area contributed by atoms with Crippen LogP contribution in [0.3, 0.4) is 0 Å². The summed E-state index contributed by atoms with van der Waals surface area (Å²) in [7, 11) is 0. The van der Waals surface area contributed by atoms with E-state index in [0.717, 1.165) is 49.1 Å². The van der Waals surface area contributed by atoms with E-state index in [4.69, 9.17) is 16.3 Å². The van der Waals surface area contributed by atoms with Gasteiger partial charge in [-0.1, -0.05) is 17.7 Å². The van der Waals surface area contributed by atoms with Crippen molar-refractivity contribution in [2.45, 2.75) is 13.8 Å². The van der Waals surface area contributed by atoms with Crippen LogP contribution in [0.25, 0.3) is 0 Å². The lowest BCUT2D eigenvalue weighted by molar-refractivity contribution is 0.122. The van der Waals surface area contributed by atoms with Gasteiger partial charge in [0.1, 0.15) is 5.82 Å². The molecule has 0 unspecified atom stereocenters. The lowest BCUT2D eigenvalue weighted by Gasteiger charge is -2.28. The number of rotatable bonds is 3. The Bertz CT molecular complexity index is 671. The zero-order chi connectivity index (χ0) is 15.5. The Labute approximate surface area is 135 Å². The van der Waals surface area contributed by atoms with E-state index in [1.165, 1.54) is 0 Å². The fourth-order valence-electron chi connectivity index (χ4n) is 2.41. The molecular formula is C16H19ClN4O. The minimum Gasteiger partial charge on any atom is -0.378 e. The summed E-state index contributed by atoms with van der Waals surface area (Å²) >= 11 is 6.06. The molecule has 1 N–H and O–H groups in total. The van der Waals surface area contributed by atoms with Crippen LogP contribution in [-0.2, 0) is 4.74 Å². The molecule has 1 saturated heterocycles. The molecule has 1 aromatic carbocycles. The van der Waals surface area contributed by atoms with E-state index >= 15 is 0 Å². The Kier molecular flexibility index (Phi) is 4.45. The average molecular weight is 319 g/mol. The number of ether oxygens (including phenoxy) is 1. The third-order valence-electron chi connectivity index (χ3n) is 3.62. The van der Waals surface area contributed by atoms with Crippen molar-refractivity contribution >= 4 is 29.1 Å². The highest BCUT2D eigenvalue weighted by Gasteiger charge is 2.14. The second-order valence-corrected chi connectivity index (χ2v) is 5.81. The topological polar surface area (TPSA) is 50.3 Å². The zero-order valence-electron chi connectivity index (χ0n) is 12.8. The van der Waals surface area contributed by atoms with E-state index in [-0.39, 0.29) is 0 Å². The number of hydrogen-bond donors (Lipinski definition) is 1. The second-order valence-electron chi connectivity index (χ2n) is 5.37. The number of benzene rings is 1. The molecule has 2 heterocycles. The van der Waals surface area contributed by atoms with Gasteiger partial charge in [-0.15, -0.1) is 0 Å². The Morgan fingerprint density at radius 2 is 1.91 bits per heavy atom. The normalized spacial score (nSPS) is 15.0. The molecule has 22 heavy (non-hydrogen) atoms. The van der Waals surface area contributed by atoms with Crippen molar-refractivity contribution in [1.82, 2.24) is 9.97 Å². The minimum atomic E-state index is 0.590. The predicted octanol–water partition coefficient (Wildman–Crippen LogP) is 3.33. The van der Waals surface area contributed by atoms with E-state index in [1.54, 1.807) is 0 Å². The summed E-state index contributed by atoms with van der Waals surface area (Å²) in [4.78, 5) is 11.3. The number of aromatic nitrogens is 2. The lowest BCUT2D eigenvalue weighted by atomic mass is 10.2. The van der Waals surface area contributed by atoms with Crippen molar-refractivity contribution in [3.63, 3.8) is 0 Å². The summed E-state index contributed by atoms with van der Waals surface area (Å²) < 4.78 is 5.39. The average Bonchev–Trinajstić information content (AvgIpc) is 2.51. The standard InChI is InChI=1S/C16H19ClN4O/c1-11-3-4-13(17)10-14(11)19-16-18-12(2)9-15(20-16)21-5-7-22-8-6-21/h3-4,9-10H,5-8H2,1-2H3,(H,18,19,20). The van der Waals surface area contributed by atoms with Gasteiger partial charge >= 0.3 is 0 Å². The van der Waals surface area contributed by atoms with Crippen LogP contribution in [0, 0.1) is 13.8 Å². The summed E-state index contributed by atoms with van der Waals surface area (Å²) in [5.41, 5.74) is 2.95. The van der Waals surface area contributed by atoms with Crippen LogP contribution in [0.15, 0.2) is 24.3 Å². The number of aryl methyl sites for hydroxylation is 2. The molecule has 1 aliphatic rings. The maximum Gasteiger partial charge on any atom is 0.229 e. The molecule has 1 fully saturated rings. The first-order valence-electron chi connectivity index (χ1n) is 7.33. The molecule has 0 atom stereocenters. The van der Waals surface area contributed by atoms with Gasteiger partial charge in [-0.3, -0.25) is 0 Å². The summed E-state index contributed by atoms with van der Waals surface area (Å²) in [5, 5.41) is 3.96. The fraction of sp³-hybridized carbons (Fsp3) is 0.375. The van der Waals surface area contributed by atoms with Gasteiger partial charge in [0, 0.05) is 35.6 Å². The van der Waals surface area contributed by atoms with Crippen LogP contribution >= 0.6 is 11.6 Å². The molecule has 5 nitrogen and oxygen atoms in total. The van der Waals surface area contributed by atoms with Crippen LogP contribution in [0.1, 0.15) is 11.3 Å². The van der Waals surface area contributed by atoms with Gasteiger partial charge < -0.3 is 15.0 Å². The largest absolute Gasteiger partial charge is 0.378 e. The van der Waals surface area contributed by atoms with Crippen LogP contribution in [0.4, 0.5) is 17.5 Å². The van der Waals surface area contributed by atoms with Crippen molar-refractivity contribution in [3.05, 3.63) is 40.5 Å². The molecule has 3 rings (SSSR count). The quantitative estimate of drug-likeness (QED) is 0.940. The third-order valence-corrected chi connectivity index (χ3v) is 3.86. The fourth-order valence-corrected chi connectivity index (χ4v) is 2.58. The van der Waals surface area contributed by atoms with Gasteiger partial charge in [-0.2, -0.15) is 4.98 Å². The maximum absolute atomic E-state index is 6.06. The van der Waals surface area contributed by atoms with Gasteiger partial charge in [0.2, 0.25) is 5.95 Å². The van der Waals surface area contributed by atoms with Crippen LogP contribution in [0.5, 0.6) is 0 Å². The van der Waals surface area contributed by atoms with Crippen LogP contribution in [0.2, 0.25) is 5.02 Å². The molecule has 0 saturated carbocycles. The number of nitrogens with zero attached hydrogens (tertiary/aromatic N) is 3. The molecule has 0 bridgehead atoms. The molecule has 0 radical (unpaired) electrons. The third kappa shape index (κ3) is 3.48. The first-order valence-corrected chi connectivity index (χ1v) is 7.71. The SMILES string of the molecule is Cc1cc(N2CCOCC2)nc(Nc2cc(Cl)ccc2C)n1. The van der Waals surface area contributed by atoms with Crippen molar-refractivity contribution in [2.24, 2.45) is 0 Å². The molecular weight excluding hydrogens is 300 g/mol. The van der Waals surface area contributed by atoms with Crippen molar-refractivity contribution < 1.29 is 4.74 Å². The van der Waals surface area contributed by atoms with Gasteiger partial charge in [-0.05, 0) is 31.5 Å². The molecule has 0 aliphatic carbocycles. The summed E-state index contributed by atoms with van der Waals surface area (Å²) in [6, 6.07) is 7.74. The van der Waals surface area contributed by atoms with E-state index < -0.39 is 0 Å². The number of halogens is 1. The Hall–Kier alpha value is -1.85. The summed E-state index contributed by atoms with van der Waals surface area (Å²) in [5.74, 6) is 1.52. The molecule has 0 spiro atoms. The highest BCUT2D eigenvalue weighted by atomic mass is 35.5. The van der Waals surface area contributed by atoms with Gasteiger partial charge in [-0.25, -0.2) is 4.98 Å². The number of hydrogen-bond acceptors (Lipinski definition) is 5. The molecule has 2 aromatic rings. The van der Waals surface area contributed by atoms with Crippen molar-refractivity contribution in [1.29, 1.82) is 0 Å². The summed E-state index contributed by atoms with van der Waals surface area (Å²) in [6.07, 6.45) is 0. The molecule has 116 valence electrons. The van der Waals surface area contributed by atoms with Crippen molar-refractivity contribution in [3.8, 4) is 0 Å². The predicted molar refractivity (Wildman–Crippen MR) is 89.3 cm³/mol. The molecule has 1 aliphatic heterocycles. The molecule has 1 aromatic heterocycles. The maximum atomic E-state index is 6.06. The number of morpholine rings is 1. The zero-order valence-corrected chi connectivity index (χ0v) is 13.5. The Balaban J connectivity index is 1.87.